The molecule has 1 aliphatic carbocycles. The van der Waals surface area contributed by atoms with Gasteiger partial charge in [0.15, 0.2) is 11.6 Å². The summed E-state index contributed by atoms with van der Waals surface area (Å²) in [6.45, 7) is 2.22. The molecule has 0 bridgehead atoms. The van der Waals surface area contributed by atoms with Crippen LogP contribution in [0.25, 0.3) is 11.1 Å². The maximum atomic E-state index is 15.1. The van der Waals surface area contributed by atoms with E-state index in [-0.39, 0.29) is 16.7 Å². The second-order valence-electron chi connectivity index (χ2n) is 10.6. The molecule has 4 aromatic rings. The third kappa shape index (κ3) is 7.35. The van der Waals surface area contributed by atoms with Gasteiger partial charge in [-0.15, -0.1) is 0 Å². The van der Waals surface area contributed by atoms with Crippen molar-refractivity contribution in [3.05, 3.63) is 118 Å². The van der Waals surface area contributed by atoms with E-state index in [2.05, 4.69) is 53.1 Å². The summed E-state index contributed by atoms with van der Waals surface area (Å²) in [5.74, 6) is 3.47. The highest BCUT2D eigenvalue weighted by Gasteiger charge is 2.18. The lowest BCUT2D eigenvalue weighted by Crippen LogP contribution is -2.14. The van der Waals surface area contributed by atoms with E-state index in [1.54, 1.807) is 12.1 Å². The highest BCUT2D eigenvalue weighted by Crippen LogP contribution is 2.31. The van der Waals surface area contributed by atoms with Gasteiger partial charge in [0.2, 0.25) is 0 Å². The molecule has 1 atom stereocenters. The van der Waals surface area contributed by atoms with Crippen molar-refractivity contribution >= 4 is 35.0 Å². The van der Waals surface area contributed by atoms with Gasteiger partial charge in [0.1, 0.15) is 17.3 Å². The fraction of sp³-hybridized carbons (Fsp3) is 0.222. The summed E-state index contributed by atoms with van der Waals surface area (Å²) in [7, 11) is 0. The molecule has 0 spiro atoms. The second-order valence-corrected chi connectivity index (χ2v) is 10.8. The number of halogens is 4. The summed E-state index contributed by atoms with van der Waals surface area (Å²) < 4.78 is 58.2. The highest BCUT2D eigenvalue weighted by molar-refractivity contribution is 7.78. The lowest BCUT2D eigenvalue weighted by molar-refractivity contribution is 0.413. The van der Waals surface area contributed by atoms with Gasteiger partial charge >= 0.3 is 0 Å². The quantitative estimate of drug-likeness (QED) is 0.0902. The standard InChI is InChI=1S/C36H28F4N2S/c1-2-3-4-23-7-9-29-16-24(8-10-28(29)15-23)5-6-25-17-31(37)35(32(38)18-25)27-11-13-30(14-12-27)41-21-26-19-33(39)36(42-22-43)34(40)20-26/h8,10-14,16-21,23H,2-4,7,9,15H2,1H3. The van der Waals surface area contributed by atoms with E-state index < -0.39 is 29.0 Å². The third-order valence-corrected chi connectivity index (χ3v) is 7.70. The lowest BCUT2D eigenvalue weighted by Gasteiger charge is -2.24. The molecule has 0 N–H and O–H groups in total. The summed E-state index contributed by atoms with van der Waals surface area (Å²) in [5, 5.41) is 1.93. The molecule has 4 aromatic carbocycles. The minimum absolute atomic E-state index is 0.169. The van der Waals surface area contributed by atoms with Crippen molar-refractivity contribution < 1.29 is 17.6 Å². The van der Waals surface area contributed by atoms with E-state index in [4.69, 9.17) is 0 Å². The largest absolute Gasteiger partial charge is 0.256 e. The number of hydrogen-bond acceptors (Lipinski definition) is 3. The van der Waals surface area contributed by atoms with Crippen LogP contribution in [0.15, 0.2) is 76.7 Å². The molecule has 2 nitrogen and oxygen atoms in total. The van der Waals surface area contributed by atoms with E-state index in [0.717, 1.165) is 36.5 Å². The summed E-state index contributed by atoms with van der Waals surface area (Å²) in [5.41, 5.74) is 3.99. The van der Waals surface area contributed by atoms with Gasteiger partial charge in [0.05, 0.1) is 16.4 Å². The Hall–Kier alpha value is -4.37. The van der Waals surface area contributed by atoms with Gasteiger partial charge in [0.25, 0.3) is 0 Å². The number of aryl methyl sites for hydroxylation is 1. The molecule has 0 aliphatic heterocycles. The number of unbranched alkanes of at least 4 members (excludes halogenated alkanes) is 1. The van der Waals surface area contributed by atoms with Crippen LogP contribution in [0.1, 0.15) is 60.4 Å². The Morgan fingerprint density at radius 3 is 2.21 bits per heavy atom. The Morgan fingerprint density at radius 2 is 1.53 bits per heavy atom. The average molecular weight is 597 g/mol. The summed E-state index contributed by atoms with van der Waals surface area (Å²) in [4.78, 5) is 7.56. The molecule has 0 amide bonds. The lowest BCUT2D eigenvalue weighted by atomic mass is 9.81. The fourth-order valence-electron chi connectivity index (χ4n) is 5.39. The molecule has 216 valence electrons. The first-order valence-electron chi connectivity index (χ1n) is 14.2. The maximum Gasteiger partial charge on any atom is 0.153 e. The van der Waals surface area contributed by atoms with Crippen molar-refractivity contribution in [2.75, 3.05) is 0 Å². The molecular weight excluding hydrogens is 568 g/mol. The smallest absolute Gasteiger partial charge is 0.153 e. The minimum Gasteiger partial charge on any atom is -0.256 e. The topological polar surface area (TPSA) is 24.7 Å². The van der Waals surface area contributed by atoms with Crippen molar-refractivity contribution in [3.8, 4) is 23.0 Å². The second kappa shape index (κ2) is 13.7. The number of thiocarbonyl (C=S) groups is 1. The van der Waals surface area contributed by atoms with Gasteiger partial charge in [-0.1, -0.05) is 56.2 Å². The van der Waals surface area contributed by atoms with Gasteiger partial charge in [-0.2, -0.15) is 4.99 Å². The van der Waals surface area contributed by atoms with Crippen molar-refractivity contribution in [1.29, 1.82) is 0 Å². The molecule has 1 aliphatic rings. The molecule has 43 heavy (non-hydrogen) atoms. The van der Waals surface area contributed by atoms with Crippen LogP contribution in [0, 0.1) is 41.0 Å². The normalized spacial score (nSPS) is 14.1. The minimum atomic E-state index is -0.897. The maximum absolute atomic E-state index is 15.1. The summed E-state index contributed by atoms with van der Waals surface area (Å²) >= 11 is 4.40. The van der Waals surface area contributed by atoms with Gasteiger partial charge in [-0.05, 0) is 108 Å². The third-order valence-electron chi connectivity index (χ3n) is 7.61. The zero-order valence-corrected chi connectivity index (χ0v) is 24.4. The number of isothiocyanates is 1. The Morgan fingerprint density at radius 1 is 0.837 bits per heavy atom. The first-order valence-corrected chi connectivity index (χ1v) is 14.6. The van der Waals surface area contributed by atoms with Crippen LogP contribution in [0.3, 0.4) is 0 Å². The van der Waals surface area contributed by atoms with Crippen molar-refractivity contribution in [2.24, 2.45) is 15.9 Å². The number of fused-ring (bicyclic) bond motifs is 1. The molecule has 1 unspecified atom stereocenters. The number of nitrogens with zero attached hydrogens (tertiary/aromatic N) is 2. The van der Waals surface area contributed by atoms with Crippen LogP contribution < -0.4 is 0 Å². The zero-order valence-electron chi connectivity index (χ0n) is 23.6. The zero-order chi connectivity index (χ0) is 30.3. The average Bonchev–Trinajstić information content (AvgIpc) is 3.00. The van der Waals surface area contributed by atoms with Crippen molar-refractivity contribution in [3.63, 3.8) is 0 Å². The first kappa shape index (κ1) is 30.1. The van der Waals surface area contributed by atoms with Crippen LogP contribution in [0.5, 0.6) is 0 Å². The Kier molecular flexibility index (Phi) is 9.61. The molecule has 0 saturated heterocycles. The van der Waals surface area contributed by atoms with Crippen LogP contribution in [0.2, 0.25) is 0 Å². The Bertz CT molecular complexity index is 1750. The van der Waals surface area contributed by atoms with E-state index >= 15 is 8.78 Å². The molecule has 0 saturated carbocycles. The number of hydrogen-bond donors (Lipinski definition) is 0. The summed E-state index contributed by atoms with van der Waals surface area (Å²) in [6.07, 6.45) is 8.36. The van der Waals surface area contributed by atoms with Crippen LogP contribution >= 0.6 is 12.2 Å². The van der Waals surface area contributed by atoms with E-state index in [0.29, 0.717) is 11.3 Å². The molecule has 5 rings (SSSR count). The SMILES string of the molecule is CCCCC1CCc2cc(C#Cc3cc(F)c(-c4ccc(N=Cc5cc(F)c(N=C=S)c(F)c5)cc4)c(F)c3)ccc2C1. The van der Waals surface area contributed by atoms with Gasteiger partial charge < -0.3 is 0 Å². The van der Waals surface area contributed by atoms with Crippen molar-refractivity contribution in [2.45, 2.75) is 45.4 Å². The predicted molar refractivity (Wildman–Crippen MR) is 168 cm³/mol. The number of benzene rings is 4. The molecule has 0 fully saturated rings. The number of rotatable bonds is 7. The van der Waals surface area contributed by atoms with E-state index in [9.17, 15) is 8.78 Å². The van der Waals surface area contributed by atoms with Crippen molar-refractivity contribution in [1.82, 2.24) is 0 Å². The van der Waals surface area contributed by atoms with Crippen LogP contribution in [-0.4, -0.2) is 11.4 Å². The van der Waals surface area contributed by atoms with Gasteiger partial charge in [-0.3, -0.25) is 4.99 Å². The van der Waals surface area contributed by atoms with E-state index in [1.807, 2.05) is 11.2 Å². The van der Waals surface area contributed by atoms with Gasteiger partial charge in [0, 0.05) is 17.3 Å². The van der Waals surface area contributed by atoms with Crippen LogP contribution in [-0.2, 0) is 12.8 Å². The fourth-order valence-corrected chi connectivity index (χ4v) is 5.48. The molecule has 7 heteroatoms. The summed E-state index contributed by atoms with van der Waals surface area (Å²) in [6, 6.07) is 17.0. The molecule has 0 radical (unpaired) electrons. The predicted octanol–water partition coefficient (Wildman–Crippen LogP) is 10.1. The van der Waals surface area contributed by atoms with Crippen LogP contribution in [0.4, 0.5) is 28.9 Å². The van der Waals surface area contributed by atoms with E-state index in [1.165, 1.54) is 67.3 Å². The Labute approximate surface area is 254 Å². The molecule has 0 heterocycles. The highest BCUT2D eigenvalue weighted by atomic mass is 32.1. The Balaban J connectivity index is 1.29. The first-order chi connectivity index (χ1) is 20.8. The molecular formula is C36H28F4N2S. The van der Waals surface area contributed by atoms with Gasteiger partial charge in [-0.25, -0.2) is 17.6 Å². The number of aliphatic imine (C=N–C) groups is 2. The molecule has 0 aromatic heterocycles. The monoisotopic (exact) mass is 596 g/mol.